The molecule has 0 saturated carbocycles. The molecule has 6 heteroatoms. The molecule has 5 nitrogen and oxygen atoms in total. The van der Waals surface area contributed by atoms with E-state index in [0.29, 0.717) is 5.82 Å². The van der Waals surface area contributed by atoms with E-state index in [1.54, 1.807) is 12.4 Å². The predicted molar refractivity (Wildman–Crippen MR) is 111 cm³/mol. The molecule has 5 rings (SSSR count). The molecule has 0 bridgehead atoms. The van der Waals surface area contributed by atoms with Gasteiger partial charge in [-0.15, -0.1) is 11.3 Å². The van der Waals surface area contributed by atoms with E-state index in [9.17, 15) is 0 Å². The minimum atomic E-state index is 0.707. The van der Waals surface area contributed by atoms with E-state index in [2.05, 4.69) is 62.3 Å². The van der Waals surface area contributed by atoms with E-state index in [0.717, 1.165) is 37.3 Å². The third-order valence-corrected chi connectivity index (χ3v) is 6.05. The summed E-state index contributed by atoms with van der Waals surface area (Å²) in [5.74, 6) is 0.707. The van der Waals surface area contributed by atoms with E-state index < -0.39 is 0 Å². The van der Waals surface area contributed by atoms with E-state index in [1.807, 2.05) is 17.5 Å². The maximum atomic E-state index is 4.75. The summed E-state index contributed by atoms with van der Waals surface area (Å²) in [6, 6.07) is 15.0. The summed E-state index contributed by atoms with van der Waals surface area (Å²) in [5, 5.41) is 0. The fourth-order valence-electron chi connectivity index (χ4n) is 3.50. The Bertz CT molecular complexity index is 1080. The van der Waals surface area contributed by atoms with Crippen molar-refractivity contribution in [2.45, 2.75) is 19.5 Å². The van der Waals surface area contributed by atoms with E-state index in [-0.39, 0.29) is 0 Å². The van der Waals surface area contributed by atoms with Crippen LogP contribution in [-0.2, 0) is 19.5 Å². The molecule has 0 saturated heterocycles. The third-order valence-electron chi connectivity index (χ3n) is 4.93. The van der Waals surface area contributed by atoms with E-state index in [1.165, 1.54) is 27.2 Å². The predicted octanol–water partition coefficient (Wildman–Crippen LogP) is 4.22. The summed E-state index contributed by atoms with van der Waals surface area (Å²) in [5.41, 5.74) is 4.50. The van der Waals surface area contributed by atoms with Crippen molar-refractivity contribution < 1.29 is 0 Å². The van der Waals surface area contributed by atoms with Gasteiger partial charge in [-0.1, -0.05) is 30.3 Å². The van der Waals surface area contributed by atoms with Crippen molar-refractivity contribution in [2.24, 2.45) is 0 Å². The minimum absolute atomic E-state index is 0.707. The molecule has 0 amide bonds. The molecule has 0 radical (unpaired) electrons. The molecule has 0 aliphatic carbocycles. The number of hydrogen-bond donors (Lipinski definition) is 0. The van der Waals surface area contributed by atoms with Gasteiger partial charge in [0, 0.05) is 60.0 Å². The molecule has 1 aliphatic rings. The van der Waals surface area contributed by atoms with Crippen LogP contribution in [0.2, 0.25) is 0 Å². The van der Waals surface area contributed by atoms with E-state index >= 15 is 0 Å². The van der Waals surface area contributed by atoms with Crippen LogP contribution in [0.5, 0.6) is 0 Å². The second kappa shape index (κ2) is 7.58. The monoisotopic (exact) mass is 385 g/mol. The molecule has 3 aromatic heterocycles. The van der Waals surface area contributed by atoms with Crippen molar-refractivity contribution in [1.29, 1.82) is 0 Å². The average molecular weight is 385 g/mol. The normalized spacial score (nSPS) is 14.0. The molecule has 0 unspecified atom stereocenters. The Hall–Kier alpha value is -2.96. The summed E-state index contributed by atoms with van der Waals surface area (Å²) in [4.78, 5) is 22.6. The lowest BCUT2D eigenvalue weighted by atomic mass is 10.1. The first kappa shape index (κ1) is 17.2. The standard InChI is InChI=1S/C22H19N5S/c1-2-4-16(5-3-1)21-7-6-19(28-21)14-27-9-8-20-18(13-27)12-25-22(26-20)17-10-23-15-24-11-17/h1-7,10-12,15H,8-9,13-14H2. The van der Waals surface area contributed by atoms with Gasteiger partial charge in [0.1, 0.15) is 6.33 Å². The Kier molecular flexibility index (Phi) is 4.64. The molecule has 4 heterocycles. The van der Waals surface area contributed by atoms with Crippen molar-refractivity contribution in [3.05, 3.63) is 83.5 Å². The van der Waals surface area contributed by atoms with Crippen LogP contribution in [-0.4, -0.2) is 31.4 Å². The van der Waals surface area contributed by atoms with Crippen LogP contribution in [0.25, 0.3) is 21.8 Å². The highest BCUT2D eigenvalue weighted by atomic mass is 32.1. The van der Waals surface area contributed by atoms with Crippen LogP contribution in [0.1, 0.15) is 16.1 Å². The van der Waals surface area contributed by atoms with Gasteiger partial charge in [-0.05, 0) is 17.7 Å². The lowest BCUT2D eigenvalue weighted by Gasteiger charge is -2.27. The molecular weight excluding hydrogens is 366 g/mol. The fraction of sp³-hybridized carbons (Fsp3) is 0.182. The van der Waals surface area contributed by atoms with Crippen LogP contribution in [0.4, 0.5) is 0 Å². The van der Waals surface area contributed by atoms with Gasteiger partial charge < -0.3 is 0 Å². The molecule has 28 heavy (non-hydrogen) atoms. The third kappa shape index (κ3) is 3.56. The summed E-state index contributed by atoms with van der Waals surface area (Å²) in [6.07, 6.45) is 7.93. The van der Waals surface area contributed by atoms with Gasteiger partial charge in [-0.2, -0.15) is 0 Å². The zero-order chi connectivity index (χ0) is 18.8. The molecule has 0 fully saturated rings. The largest absolute Gasteiger partial charge is 0.293 e. The van der Waals surface area contributed by atoms with Crippen LogP contribution in [0, 0.1) is 0 Å². The minimum Gasteiger partial charge on any atom is -0.293 e. The van der Waals surface area contributed by atoms with Gasteiger partial charge >= 0.3 is 0 Å². The Labute approximate surface area is 167 Å². The number of benzene rings is 1. The maximum absolute atomic E-state index is 4.75. The second-order valence-electron chi connectivity index (χ2n) is 6.89. The van der Waals surface area contributed by atoms with E-state index in [4.69, 9.17) is 4.98 Å². The van der Waals surface area contributed by atoms with Crippen molar-refractivity contribution in [3.8, 4) is 21.8 Å². The summed E-state index contributed by atoms with van der Waals surface area (Å²) in [7, 11) is 0. The van der Waals surface area contributed by atoms with Gasteiger partial charge in [0.25, 0.3) is 0 Å². The SMILES string of the molecule is c1ccc(-c2ccc(CN3CCc4nc(-c5cncnc5)ncc4C3)s2)cc1. The smallest absolute Gasteiger partial charge is 0.162 e. The first-order chi connectivity index (χ1) is 13.8. The number of thiophene rings is 1. The molecule has 138 valence electrons. The highest BCUT2D eigenvalue weighted by Gasteiger charge is 2.19. The first-order valence-corrected chi connectivity index (χ1v) is 10.1. The van der Waals surface area contributed by atoms with Crippen molar-refractivity contribution >= 4 is 11.3 Å². The Balaban J connectivity index is 1.30. The lowest BCUT2D eigenvalue weighted by Crippen LogP contribution is -2.30. The van der Waals surface area contributed by atoms with Gasteiger partial charge in [0.2, 0.25) is 0 Å². The maximum Gasteiger partial charge on any atom is 0.162 e. The van der Waals surface area contributed by atoms with Crippen LogP contribution >= 0.6 is 11.3 Å². The second-order valence-corrected chi connectivity index (χ2v) is 8.05. The van der Waals surface area contributed by atoms with Crippen molar-refractivity contribution in [3.63, 3.8) is 0 Å². The van der Waals surface area contributed by atoms with Crippen LogP contribution < -0.4 is 0 Å². The number of aromatic nitrogens is 4. The summed E-state index contributed by atoms with van der Waals surface area (Å²) < 4.78 is 0. The van der Waals surface area contributed by atoms with Crippen LogP contribution in [0.3, 0.4) is 0 Å². The number of fused-ring (bicyclic) bond motifs is 1. The molecule has 1 aliphatic heterocycles. The molecule has 1 aromatic carbocycles. The Morgan fingerprint density at radius 3 is 2.64 bits per heavy atom. The molecule has 0 atom stereocenters. The lowest BCUT2D eigenvalue weighted by molar-refractivity contribution is 0.245. The number of nitrogens with zero attached hydrogens (tertiary/aromatic N) is 5. The molecule has 0 spiro atoms. The van der Waals surface area contributed by atoms with Crippen molar-refractivity contribution in [2.75, 3.05) is 6.54 Å². The number of hydrogen-bond acceptors (Lipinski definition) is 6. The quantitative estimate of drug-likeness (QED) is 0.526. The van der Waals surface area contributed by atoms with Gasteiger partial charge in [-0.3, -0.25) is 4.90 Å². The van der Waals surface area contributed by atoms with Crippen LogP contribution in [0.15, 0.2) is 67.4 Å². The molecule has 4 aromatic rings. The topological polar surface area (TPSA) is 54.8 Å². The molecular formula is C22H19N5S. The highest BCUT2D eigenvalue weighted by Crippen LogP contribution is 2.29. The van der Waals surface area contributed by atoms with Gasteiger partial charge in [0.15, 0.2) is 5.82 Å². The van der Waals surface area contributed by atoms with Crippen molar-refractivity contribution in [1.82, 2.24) is 24.8 Å². The first-order valence-electron chi connectivity index (χ1n) is 9.32. The Morgan fingerprint density at radius 2 is 1.79 bits per heavy atom. The summed E-state index contributed by atoms with van der Waals surface area (Å²) in [6.45, 7) is 2.86. The summed E-state index contributed by atoms with van der Waals surface area (Å²) >= 11 is 1.87. The highest BCUT2D eigenvalue weighted by molar-refractivity contribution is 7.15. The van der Waals surface area contributed by atoms with Gasteiger partial charge in [0.05, 0.1) is 11.3 Å². The zero-order valence-corrected chi connectivity index (χ0v) is 16.1. The fourth-order valence-corrected chi connectivity index (χ4v) is 4.56. The average Bonchev–Trinajstić information content (AvgIpc) is 3.23. The zero-order valence-electron chi connectivity index (χ0n) is 15.3. The van der Waals surface area contributed by atoms with Gasteiger partial charge in [-0.25, -0.2) is 19.9 Å². The Morgan fingerprint density at radius 1 is 0.929 bits per heavy atom. The molecule has 0 N–H and O–H groups in total. The number of rotatable bonds is 4.